The molecule has 0 atom stereocenters. The highest BCUT2D eigenvalue weighted by Gasteiger charge is 2.28. The molecular weight excluding hydrogens is 272 g/mol. The van der Waals surface area contributed by atoms with Crippen LogP contribution in [0, 0.1) is 5.41 Å². The molecule has 0 bridgehead atoms. The minimum absolute atomic E-state index is 0.0552. The summed E-state index contributed by atoms with van der Waals surface area (Å²) in [7, 11) is 0. The molecule has 88 valence electrons. The van der Waals surface area contributed by atoms with Gasteiger partial charge in [-0.05, 0) is 48.3 Å². The van der Waals surface area contributed by atoms with E-state index in [4.69, 9.17) is 4.74 Å². The Morgan fingerprint density at radius 3 is 2.69 bits per heavy atom. The van der Waals surface area contributed by atoms with Gasteiger partial charge >= 0.3 is 5.97 Å². The van der Waals surface area contributed by atoms with Crippen LogP contribution >= 0.6 is 15.9 Å². The van der Waals surface area contributed by atoms with Crippen molar-refractivity contribution in [2.75, 3.05) is 0 Å². The first-order chi connectivity index (χ1) is 7.38. The van der Waals surface area contributed by atoms with Crippen LogP contribution in [0.3, 0.4) is 0 Å². The Labute approximate surface area is 104 Å². The van der Waals surface area contributed by atoms with E-state index in [1.807, 2.05) is 20.8 Å². The first-order valence-corrected chi connectivity index (χ1v) is 5.87. The van der Waals surface area contributed by atoms with Gasteiger partial charge in [0.05, 0.1) is 5.41 Å². The number of rotatable bonds is 3. The standard InChI is InChI=1S/C12H15BrO3/c1-4-12(2,3)11(15)16-9-7-5-6-8(14)10(9)13/h5-7,14H,4H2,1-3H3. The van der Waals surface area contributed by atoms with Gasteiger partial charge in [-0.25, -0.2) is 0 Å². The van der Waals surface area contributed by atoms with Crippen molar-refractivity contribution in [1.29, 1.82) is 0 Å². The molecule has 0 heterocycles. The number of carbonyl (C=O) groups is 1. The van der Waals surface area contributed by atoms with E-state index in [9.17, 15) is 9.90 Å². The normalized spacial score (nSPS) is 11.2. The summed E-state index contributed by atoms with van der Waals surface area (Å²) in [6.07, 6.45) is 0.697. The van der Waals surface area contributed by atoms with Crippen molar-refractivity contribution in [3.05, 3.63) is 22.7 Å². The number of aromatic hydroxyl groups is 1. The first kappa shape index (κ1) is 13.0. The van der Waals surface area contributed by atoms with Crippen LogP contribution in [0.1, 0.15) is 27.2 Å². The second kappa shape index (κ2) is 4.87. The smallest absolute Gasteiger partial charge is 0.316 e. The molecule has 0 radical (unpaired) electrons. The van der Waals surface area contributed by atoms with Gasteiger partial charge in [0, 0.05) is 0 Å². The zero-order valence-corrected chi connectivity index (χ0v) is 11.2. The number of hydrogen-bond donors (Lipinski definition) is 1. The van der Waals surface area contributed by atoms with Crippen molar-refractivity contribution >= 4 is 21.9 Å². The fourth-order valence-corrected chi connectivity index (χ4v) is 1.31. The number of halogens is 1. The highest BCUT2D eigenvalue weighted by Crippen LogP contribution is 2.34. The summed E-state index contributed by atoms with van der Waals surface area (Å²) in [5, 5.41) is 9.43. The summed E-state index contributed by atoms with van der Waals surface area (Å²) in [5.41, 5.74) is -0.523. The largest absolute Gasteiger partial charge is 0.507 e. The number of esters is 1. The lowest BCUT2D eigenvalue weighted by atomic mass is 9.91. The maximum atomic E-state index is 11.8. The maximum Gasteiger partial charge on any atom is 0.316 e. The number of phenolic OH excluding ortho intramolecular Hbond substituents is 1. The highest BCUT2D eigenvalue weighted by atomic mass is 79.9. The van der Waals surface area contributed by atoms with Crippen LogP contribution in [0.5, 0.6) is 11.5 Å². The Kier molecular flexibility index (Phi) is 3.97. The van der Waals surface area contributed by atoms with Gasteiger partial charge in [-0.1, -0.05) is 13.0 Å². The molecule has 4 heteroatoms. The van der Waals surface area contributed by atoms with Crippen LogP contribution in [0.15, 0.2) is 22.7 Å². The first-order valence-electron chi connectivity index (χ1n) is 5.08. The lowest BCUT2D eigenvalue weighted by Gasteiger charge is -2.20. The molecule has 0 aliphatic rings. The number of benzene rings is 1. The van der Waals surface area contributed by atoms with Crippen molar-refractivity contribution in [1.82, 2.24) is 0 Å². The maximum absolute atomic E-state index is 11.8. The van der Waals surface area contributed by atoms with Crippen molar-refractivity contribution in [2.24, 2.45) is 5.41 Å². The Bertz CT molecular complexity index is 399. The second-order valence-corrected chi connectivity index (χ2v) is 5.01. The third-order valence-corrected chi connectivity index (χ3v) is 3.38. The van der Waals surface area contributed by atoms with Gasteiger partial charge < -0.3 is 9.84 Å². The molecule has 1 rings (SSSR count). The second-order valence-electron chi connectivity index (χ2n) is 4.22. The molecule has 16 heavy (non-hydrogen) atoms. The highest BCUT2D eigenvalue weighted by molar-refractivity contribution is 9.10. The van der Waals surface area contributed by atoms with Crippen molar-refractivity contribution in [3.63, 3.8) is 0 Å². The predicted octanol–water partition coefficient (Wildman–Crippen LogP) is 3.50. The molecule has 1 N–H and O–H groups in total. The van der Waals surface area contributed by atoms with Gasteiger partial charge in [-0.2, -0.15) is 0 Å². The van der Waals surface area contributed by atoms with E-state index in [1.165, 1.54) is 6.07 Å². The third-order valence-electron chi connectivity index (χ3n) is 2.58. The molecular formula is C12H15BrO3. The minimum Gasteiger partial charge on any atom is -0.507 e. The number of hydrogen-bond acceptors (Lipinski definition) is 3. The monoisotopic (exact) mass is 286 g/mol. The molecule has 0 aliphatic carbocycles. The van der Waals surface area contributed by atoms with E-state index >= 15 is 0 Å². The van der Waals surface area contributed by atoms with Gasteiger partial charge in [0.25, 0.3) is 0 Å². The van der Waals surface area contributed by atoms with Gasteiger partial charge in [-0.15, -0.1) is 0 Å². The molecule has 0 aromatic heterocycles. The Morgan fingerprint density at radius 1 is 1.50 bits per heavy atom. The SMILES string of the molecule is CCC(C)(C)C(=O)Oc1cccc(O)c1Br. The summed E-state index contributed by atoms with van der Waals surface area (Å²) in [6.45, 7) is 5.58. The van der Waals surface area contributed by atoms with E-state index in [1.54, 1.807) is 12.1 Å². The summed E-state index contributed by atoms with van der Waals surface area (Å²) >= 11 is 3.17. The average Bonchev–Trinajstić information content (AvgIpc) is 2.24. The summed E-state index contributed by atoms with van der Waals surface area (Å²) in [6, 6.07) is 4.78. The topological polar surface area (TPSA) is 46.5 Å². The van der Waals surface area contributed by atoms with E-state index in [0.717, 1.165) is 0 Å². The molecule has 1 aromatic carbocycles. The summed E-state index contributed by atoms with van der Waals surface area (Å²) < 4.78 is 5.63. The molecule has 0 saturated heterocycles. The van der Waals surface area contributed by atoms with Crippen LogP contribution in [0.25, 0.3) is 0 Å². The van der Waals surface area contributed by atoms with Crippen LogP contribution in [-0.4, -0.2) is 11.1 Å². The lowest BCUT2D eigenvalue weighted by molar-refractivity contribution is -0.144. The Hall–Kier alpha value is -1.03. The number of carbonyl (C=O) groups excluding carboxylic acids is 1. The van der Waals surface area contributed by atoms with Crippen LogP contribution in [0.4, 0.5) is 0 Å². The molecule has 0 unspecified atom stereocenters. The number of phenols is 1. The van der Waals surface area contributed by atoms with Crippen molar-refractivity contribution < 1.29 is 14.6 Å². The molecule has 0 aliphatic heterocycles. The van der Waals surface area contributed by atoms with Crippen molar-refractivity contribution in [3.8, 4) is 11.5 Å². The summed E-state index contributed by atoms with van der Waals surface area (Å²) in [4.78, 5) is 11.8. The molecule has 0 spiro atoms. The van der Waals surface area contributed by atoms with E-state index < -0.39 is 5.41 Å². The number of ether oxygens (including phenoxy) is 1. The van der Waals surface area contributed by atoms with Crippen molar-refractivity contribution in [2.45, 2.75) is 27.2 Å². The predicted molar refractivity (Wildman–Crippen MR) is 65.5 cm³/mol. The molecule has 0 fully saturated rings. The zero-order chi connectivity index (χ0) is 12.3. The summed E-state index contributed by atoms with van der Waals surface area (Å²) in [5.74, 6) is 0.0902. The van der Waals surface area contributed by atoms with E-state index in [2.05, 4.69) is 15.9 Å². The molecule has 0 amide bonds. The van der Waals surface area contributed by atoms with Gasteiger partial charge in [0.1, 0.15) is 16.0 Å². The van der Waals surface area contributed by atoms with Gasteiger partial charge in [0.15, 0.2) is 0 Å². The van der Waals surface area contributed by atoms with E-state index in [0.29, 0.717) is 16.6 Å². The van der Waals surface area contributed by atoms with Gasteiger partial charge in [0.2, 0.25) is 0 Å². The Balaban J connectivity index is 2.90. The molecule has 3 nitrogen and oxygen atoms in total. The zero-order valence-electron chi connectivity index (χ0n) is 9.58. The Morgan fingerprint density at radius 2 is 2.12 bits per heavy atom. The third kappa shape index (κ3) is 2.76. The van der Waals surface area contributed by atoms with Crippen LogP contribution in [-0.2, 0) is 4.79 Å². The van der Waals surface area contributed by atoms with Crippen LogP contribution < -0.4 is 4.74 Å². The van der Waals surface area contributed by atoms with Gasteiger partial charge in [-0.3, -0.25) is 4.79 Å². The molecule has 1 aromatic rings. The minimum atomic E-state index is -0.523. The molecule has 0 saturated carbocycles. The average molecular weight is 287 g/mol. The fraction of sp³-hybridized carbons (Fsp3) is 0.417. The lowest BCUT2D eigenvalue weighted by Crippen LogP contribution is -2.28. The fourth-order valence-electron chi connectivity index (χ4n) is 0.960. The quantitative estimate of drug-likeness (QED) is 0.683. The van der Waals surface area contributed by atoms with Crippen LogP contribution in [0.2, 0.25) is 0 Å². The van der Waals surface area contributed by atoms with E-state index in [-0.39, 0.29) is 11.7 Å².